The van der Waals surface area contributed by atoms with Crippen LogP contribution in [-0.2, 0) is 54.7 Å². The van der Waals surface area contributed by atoms with Crippen LogP contribution in [0.15, 0.2) is 24.3 Å². The van der Waals surface area contributed by atoms with Gasteiger partial charge in [-0.2, -0.15) is 0 Å². The van der Waals surface area contributed by atoms with Gasteiger partial charge in [0.25, 0.3) is 11.8 Å². The lowest BCUT2D eigenvalue weighted by atomic mass is 9.89. The molecule has 3 fully saturated rings. The number of rotatable bonds is 26. The van der Waals surface area contributed by atoms with E-state index in [1.54, 1.807) is 41.1 Å². The maximum absolute atomic E-state index is 14.3. The van der Waals surface area contributed by atoms with Crippen LogP contribution in [-0.4, -0.2) is 182 Å². The van der Waals surface area contributed by atoms with Crippen molar-refractivity contribution in [2.75, 3.05) is 54.5 Å². The number of hydrogen-bond acceptors (Lipinski definition) is 13. The van der Waals surface area contributed by atoms with Crippen LogP contribution in [0.5, 0.6) is 5.75 Å². The molecule has 0 bridgehead atoms. The highest BCUT2D eigenvalue weighted by Gasteiger charge is 2.44. The summed E-state index contributed by atoms with van der Waals surface area (Å²) in [7, 11) is 2.77. The molecule has 1 saturated carbocycles. The van der Waals surface area contributed by atoms with Crippen LogP contribution < -0.4 is 20.1 Å². The number of carboxylic acid groups (broad SMARTS) is 1. The molecule has 71 heavy (non-hydrogen) atoms. The van der Waals surface area contributed by atoms with Gasteiger partial charge in [-0.3, -0.25) is 43.2 Å². The van der Waals surface area contributed by atoms with E-state index in [2.05, 4.69) is 15.4 Å². The molecule has 0 spiro atoms. The molecule has 0 aromatic heterocycles. The standard InChI is InChI=1S/C50H81N7O13S/c1-12-31(6)44(55(10)49(64)42(29(2)3)52-48(63)43(30(4)5)54(8)9)39(69-11)27-40(58)57-23-13-14-38(57)45(60)32(7)46(61)51-37(47(62)53-71(67,68)36-19-20-36)26-33-15-17-35(18-16-33)70-28-41(59)56-24-21-34(22-25-56)50(65)66/h15-18,29-32,34,36-39,42-45,60H,12-14,19-28H2,1-11H3,(H,51,61)(H,52,63)(H,53,62)(H,65,66)/t31-,32+,37-,38-,39+,42-,43?,44-,45+/m0/s1. The predicted octanol–water partition coefficient (Wildman–Crippen LogP) is 2.02. The van der Waals surface area contributed by atoms with Crippen molar-refractivity contribution < 1.29 is 61.7 Å². The number of aliphatic hydroxyl groups excluding tert-OH is 1. The van der Waals surface area contributed by atoms with Crippen molar-refractivity contribution in [3.63, 3.8) is 0 Å². The average molecular weight is 1020 g/mol. The number of aliphatic carboxylic acids is 1. The van der Waals surface area contributed by atoms with Gasteiger partial charge in [-0.1, -0.05) is 67.0 Å². The molecule has 2 heterocycles. The van der Waals surface area contributed by atoms with Gasteiger partial charge in [-0.15, -0.1) is 0 Å². The summed E-state index contributed by atoms with van der Waals surface area (Å²) in [5.74, 6) is -5.49. The second kappa shape index (κ2) is 26.2. The van der Waals surface area contributed by atoms with E-state index in [9.17, 15) is 52.2 Å². The van der Waals surface area contributed by atoms with E-state index in [1.807, 2.05) is 60.5 Å². The molecule has 1 aromatic rings. The van der Waals surface area contributed by atoms with Crippen LogP contribution in [0, 0.1) is 29.6 Å². The van der Waals surface area contributed by atoms with E-state index in [-0.39, 0.29) is 60.8 Å². The second-order valence-corrected chi connectivity index (χ2v) is 22.6. The summed E-state index contributed by atoms with van der Waals surface area (Å²) >= 11 is 0. The Hall–Kier alpha value is -4.86. The van der Waals surface area contributed by atoms with E-state index in [1.165, 1.54) is 18.9 Å². The minimum atomic E-state index is -4.00. The highest BCUT2D eigenvalue weighted by Crippen LogP contribution is 2.30. The molecule has 1 aromatic carbocycles. The van der Waals surface area contributed by atoms with Gasteiger partial charge in [0.05, 0.1) is 53.8 Å². The minimum Gasteiger partial charge on any atom is -0.484 e. The maximum Gasteiger partial charge on any atom is 0.306 e. The number of likely N-dealkylation sites (N-methyl/N-ethyl adjacent to an activating group) is 2. The van der Waals surface area contributed by atoms with Crippen molar-refractivity contribution in [1.29, 1.82) is 0 Å². The molecule has 4 rings (SSSR count). The van der Waals surface area contributed by atoms with Gasteiger partial charge < -0.3 is 45.0 Å². The largest absolute Gasteiger partial charge is 0.484 e. The topological polar surface area (TPSA) is 262 Å². The zero-order chi connectivity index (χ0) is 53.1. The number of ether oxygens (including phenoxy) is 2. The Bertz CT molecular complexity index is 2100. The number of methoxy groups -OCH3 is 1. The molecule has 0 radical (unpaired) electrons. The van der Waals surface area contributed by atoms with Crippen molar-refractivity contribution >= 4 is 51.4 Å². The van der Waals surface area contributed by atoms with E-state index in [0.29, 0.717) is 75.9 Å². The zero-order valence-electron chi connectivity index (χ0n) is 43.6. The van der Waals surface area contributed by atoms with Crippen molar-refractivity contribution in [2.24, 2.45) is 29.6 Å². The number of piperidine rings is 1. The number of amides is 6. The fourth-order valence-electron chi connectivity index (χ4n) is 9.82. The number of carbonyl (C=O) groups excluding carboxylic acids is 6. The SMILES string of the molecule is CC[C@H](C)[C@@H]([C@@H](CC(=O)N1CCC[C@H]1[C@H](O)[C@@H](C)C(=O)N[C@@H](Cc1ccc(OCC(=O)N2CCC(C(=O)O)CC2)cc1)C(=O)NS(=O)(=O)C1CC1)OC)N(C)C(=O)[C@@H](NC(=O)C(C(C)C)N(C)C)C(C)C. The highest BCUT2D eigenvalue weighted by atomic mass is 32.2. The molecule has 9 atom stereocenters. The fourth-order valence-corrected chi connectivity index (χ4v) is 11.2. The molecular weight excluding hydrogens is 939 g/mol. The number of aliphatic hydroxyl groups is 1. The summed E-state index contributed by atoms with van der Waals surface area (Å²) in [6.07, 6.45) is 0.637. The first-order valence-electron chi connectivity index (χ1n) is 25.1. The van der Waals surface area contributed by atoms with Crippen molar-refractivity contribution in [2.45, 2.75) is 154 Å². The molecule has 20 nitrogen and oxygen atoms in total. The summed E-state index contributed by atoms with van der Waals surface area (Å²) in [6.45, 7) is 13.7. The molecule has 1 aliphatic carbocycles. The van der Waals surface area contributed by atoms with E-state index < -0.39 is 87.3 Å². The van der Waals surface area contributed by atoms with Gasteiger partial charge in [0.2, 0.25) is 33.7 Å². The third-order valence-electron chi connectivity index (χ3n) is 14.5. The van der Waals surface area contributed by atoms with Crippen molar-refractivity contribution in [3.05, 3.63) is 29.8 Å². The Morgan fingerprint density at radius 2 is 1.44 bits per heavy atom. The minimum absolute atomic E-state index is 0.0113. The lowest BCUT2D eigenvalue weighted by molar-refractivity contribution is -0.147. The summed E-state index contributed by atoms with van der Waals surface area (Å²) in [4.78, 5) is 100. The first kappa shape index (κ1) is 58.7. The Labute approximate surface area is 420 Å². The van der Waals surface area contributed by atoms with Crippen molar-refractivity contribution in [3.8, 4) is 5.75 Å². The molecule has 5 N–H and O–H groups in total. The summed E-state index contributed by atoms with van der Waals surface area (Å²) in [6, 6.07) is 2.31. The number of carbonyl (C=O) groups is 7. The smallest absolute Gasteiger partial charge is 0.306 e. The van der Waals surface area contributed by atoms with E-state index in [0.717, 1.165) is 0 Å². The Balaban J connectivity index is 1.45. The Kier molecular flexibility index (Phi) is 21.7. The van der Waals surface area contributed by atoms with Gasteiger partial charge in [0, 0.05) is 40.2 Å². The Morgan fingerprint density at radius 1 is 0.817 bits per heavy atom. The van der Waals surface area contributed by atoms with Crippen LogP contribution in [0.1, 0.15) is 105 Å². The normalized spacial score (nSPS) is 20.1. The number of nitrogens with one attached hydrogen (secondary N) is 3. The summed E-state index contributed by atoms with van der Waals surface area (Å²) < 4.78 is 39.5. The monoisotopic (exact) mass is 1020 g/mol. The number of sulfonamides is 1. The number of nitrogens with zero attached hydrogens (tertiary/aromatic N) is 4. The van der Waals surface area contributed by atoms with E-state index >= 15 is 0 Å². The lowest BCUT2D eigenvalue weighted by Crippen LogP contribution is -2.59. The number of benzene rings is 1. The molecule has 1 unspecified atom stereocenters. The third-order valence-corrected chi connectivity index (χ3v) is 16.3. The number of hydrogen-bond donors (Lipinski definition) is 5. The first-order valence-corrected chi connectivity index (χ1v) is 26.7. The van der Waals surface area contributed by atoms with Crippen LogP contribution in [0.3, 0.4) is 0 Å². The molecule has 400 valence electrons. The first-order chi connectivity index (χ1) is 33.3. The van der Waals surface area contributed by atoms with Gasteiger partial charge in [0.15, 0.2) is 6.61 Å². The molecule has 21 heteroatoms. The lowest BCUT2D eigenvalue weighted by Gasteiger charge is -2.41. The molecule has 3 aliphatic rings. The van der Waals surface area contributed by atoms with Crippen molar-refractivity contribution in [1.82, 2.24) is 35.0 Å². The van der Waals surface area contributed by atoms with Crippen LogP contribution in [0.2, 0.25) is 0 Å². The zero-order valence-corrected chi connectivity index (χ0v) is 44.4. The summed E-state index contributed by atoms with van der Waals surface area (Å²) in [5, 5.41) is 26.0. The highest BCUT2D eigenvalue weighted by molar-refractivity contribution is 7.90. The second-order valence-electron chi connectivity index (χ2n) is 20.7. The number of carboxylic acids is 1. The molecule has 6 amide bonds. The van der Waals surface area contributed by atoms with Gasteiger partial charge in [-0.05, 0) is 88.1 Å². The quantitative estimate of drug-likeness (QED) is 0.0890. The van der Waals surface area contributed by atoms with Crippen LogP contribution >= 0.6 is 0 Å². The third kappa shape index (κ3) is 15.8. The van der Waals surface area contributed by atoms with Crippen LogP contribution in [0.25, 0.3) is 0 Å². The summed E-state index contributed by atoms with van der Waals surface area (Å²) in [5.41, 5.74) is 0.522. The van der Waals surface area contributed by atoms with Crippen LogP contribution in [0.4, 0.5) is 0 Å². The van der Waals surface area contributed by atoms with Gasteiger partial charge in [0.1, 0.15) is 17.8 Å². The molecule has 2 saturated heterocycles. The maximum atomic E-state index is 14.3. The fraction of sp³-hybridized carbons (Fsp3) is 0.740. The number of likely N-dealkylation sites (tertiary alicyclic amines) is 2. The van der Waals surface area contributed by atoms with Gasteiger partial charge in [-0.25, -0.2) is 8.42 Å². The average Bonchev–Trinajstić information content (AvgIpc) is 4.08. The molecule has 2 aliphatic heterocycles. The Morgan fingerprint density at radius 3 is 1.96 bits per heavy atom. The van der Waals surface area contributed by atoms with E-state index in [4.69, 9.17) is 9.47 Å². The predicted molar refractivity (Wildman–Crippen MR) is 265 cm³/mol. The van der Waals surface area contributed by atoms with Gasteiger partial charge >= 0.3 is 5.97 Å². The molecular formula is C50H81N7O13S.